The Kier molecular flexibility index (Phi) is 4.45. The number of hydrogen-bond donors (Lipinski definition) is 2. The highest BCUT2D eigenvalue weighted by Crippen LogP contribution is 2.23. The van der Waals surface area contributed by atoms with Crippen molar-refractivity contribution in [3.05, 3.63) is 29.8 Å². The van der Waals surface area contributed by atoms with Gasteiger partial charge in [-0.1, -0.05) is 12.1 Å². The summed E-state index contributed by atoms with van der Waals surface area (Å²) >= 11 is 0. The molecule has 1 aromatic carbocycles. The summed E-state index contributed by atoms with van der Waals surface area (Å²) in [5, 5.41) is 13.0. The highest BCUT2D eigenvalue weighted by atomic mass is 16.3. The average Bonchev–Trinajstić information content (AvgIpc) is 2.81. The SMILES string of the molecule is CC(NCC(C)(C)O)c1ccc(N2CCCC2=O)cc1. The standard InChI is InChI=1S/C16H24N2O2/c1-12(17-11-16(2,3)20)13-6-8-14(9-7-13)18-10-4-5-15(18)19/h6-9,12,17,20H,4-5,10-11H2,1-3H3. The van der Waals surface area contributed by atoms with Crippen LogP contribution in [0.5, 0.6) is 0 Å². The molecule has 1 fully saturated rings. The molecule has 1 atom stereocenters. The van der Waals surface area contributed by atoms with Gasteiger partial charge in [-0.3, -0.25) is 4.79 Å². The molecule has 1 aromatic rings. The molecule has 20 heavy (non-hydrogen) atoms. The van der Waals surface area contributed by atoms with Crippen LogP contribution in [0.3, 0.4) is 0 Å². The predicted octanol–water partition coefficient (Wildman–Crippen LogP) is 2.23. The van der Waals surface area contributed by atoms with Crippen LogP contribution in [0.1, 0.15) is 45.2 Å². The van der Waals surface area contributed by atoms with E-state index in [-0.39, 0.29) is 11.9 Å². The summed E-state index contributed by atoms with van der Waals surface area (Å²) in [6.07, 6.45) is 1.61. The molecule has 0 aromatic heterocycles. The third kappa shape index (κ3) is 3.81. The van der Waals surface area contributed by atoms with E-state index in [9.17, 15) is 9.90 Å². The molecule has 4 nitrogen and oxygen atoms in total. The van der Waals surface area contributed by atoms with Gasteiger partial charge in [-0.2, -0.15) is 0 Å². The third-order valence-corrected chi connectivity index (χ3v) is 3.62. The van der Waals surface area contributed by atoms with Crippen molar-refractivity contribution in [3.63, 3.8) is 0 Å². The Hall–Kier alpha value is -1.39. The molecule has 1 aliphatic heterocycles. The number of carbonyl (C=O) groups is 1. The first kappa shape index (κ1) is 15.0. The summed E-state index contributed by atoms with van der Waals surface area (Å²) < 4.78 is 0. The van der Waals surface area contributed by atoms with Gasteiger partial charge in [0.2, 0.25) is 5.91 Å². The van der Waals surface area contributed by atoms with Gasteiger partial charge >= 0.3 is 0 Å². The van der Waals surface area contributed by atoms with Crippen LogP contribution in [0.4, 0.5) is 5.69 Å². The van der Waals surface area contributed by atoms with E-state index in [1.165, 1.54) is 0 Å². The maximum absolute atomic E-state index is 11.7. The first-order valence-corrected chi connectivity index (χ1v) is 7.23. The lowest BCUT2D eigenvalue weighted by atomic mass is 10.1. The summed E-state index contributed by atoms with van der Waals surface area (Å²) in [6.45, 7) is 7.01. The number of nitrogens with zero attached hydrogens (tertiary/aromatic N) is 1. The van der Waals surface area contributed by atoms with Crippen molar-refractivity contribution in [2.45, 2.75) is 45.3 Å². The molecular weight excluding hydrogens is 252 g/mol. The van der Waals surface area contributed by atoms with Crippen molar-refractivity contribution < 1.29 is 9.90 Å². The van der Waals surface area contributed by atoms with E-state index >= 15 is 0 Å². The number of amides is 1. The Balaban J connectivity index is 1.99. The van der Waals surface area contributed by atoms with E-state index < -0.39 is 5.60 Å². The fourth-order valence-corrected chi connectivity index (χ4v) is 2.38. The van der Waals surface area contributed by atoms with E-state index in [2.05, 4.69) is 12.2 Å². The van der Waals surface area contributed by atoms with Crippen molar-refractivity contribution in [2.24, 2.45) is 0 Å². The van der Waals surface area contributed by atoms with Crippen LogP contribution >= 0.6 is 0 Å². The average molecular weight is 276 g/mol. The maximum Gasteiger partial charge on any atom is 0.227 e. The van der Waals surface area contributed by atoms with E-state index in [0.717, 1.165) is 24.2 Å². The maximum atomic E-state index is 11.7. The second-order valence-corrected chi connectivity index (χ2v) is 6.16. The Morgan fingerprint density at radius 1 is 1.35 bits per heavy atom. The van der Waals surface area contributed by atoms with Crippen LogP contribution < -0.4 is 10.2 Å². The van der Waals surface area contributed by atoms with Crippen molar-refractivity contribution in [3.8, 4) is 0 Å². The molecule has 0 bridgehead atoms. The quantitative estimate of drug-likeness (QED) is 0.867. The second kappa shape index (κ2) is 5.94. The molecule has 1 heterocycles. The molecule has 1 amide bonds. The van der Waals surface area contributed by atoms with Crippen molar-refractivity contribution in [2.75, 3.05) is 18.0 Å². The summed E-state index contributed by atoms with van der Waals surface area (Å²) in [4.78, 5) is 13.5. The van der Waals surface area contributed by atoms with Crippen molar-refractivity contribution >= 4 is 11.6 Å². The van der Waals surface area contributed by atoms with Gasteiger partial charge in [0.15, 0.2) is 0 Å². The minimum Gasteiger partial charge on any atom is -0.389 e. The van der Waals surface area contributed by atoms with Gasteiger partial charge < -0.3 is 15.3 Å². The fraction of sp³-hybridized carbons (Fsp3) is 0.562. The van der Waals surface area contributed by atoms with Crippen molar-refractivity contribution in [1.29, 1.82) is 0 Å². The zero-order valence-electron chi connectivity index (χ0n) is 12.5. The first-order chi connectivity index (χ1) is 9.37. The number of rotatable bonds is 5. The Morgan fingerprint density at radius 3 is 2.50 bits per heavy atom. The van der Waals surface area contributed by atoms with Gasteiger partial charge in [0, 0.05) is 31.2 Å². The highest BCUT2D eigenvalue weighted by Gasteiger charge is 2.21. The molecule has 0 saturated carbocycles. The molecule has 1 aliphatic rings. The largest absolute Gasteiger partial charge is 0.389 e. The number of nitrogens with one attached hydrogen (secondary N) is 1. The highest BCUT2D eigenvalue weighted by molar-refractivity contribution is 5.95. The van der Waals surface area contributed by atoms with Crippen LogP contribution in [0.15, 0.2) is 24.3 Å². The van der Waals surface area contributed by atoms with Gasteiger partial charge in [-0.25, -0.2) is 0 Å². The van der Waals surface area contributed by atoms with Crippen LogP contribution in [0.2, 0.25) is 0 Å². The number of carbonyl (C=O) groups excluding carboxylic acids is 1. The molecule has 110 valence electrons. The van der Waals surface area contributed by atoms with Gasteiger partial charge in [0.1, 0.15) is 0 Å². The second-order valence-electron chi connectivity index (χ2n) is 6.16. The number of benzene rings is 1. The van der Waals surface area contributed by atoms with Gasteiger partial charge in [-0.15, -0.1) is 0 Å². The molecule has 1 saturated heterocycles. The van der Waals surface area contributed by atoms with Crippen LogP contribution in [-0.2, 0) is 4.79 Å². The first-order valence-electron chi connectivity index (χ1n) is 7.23. The summed E-state index contributed by atoms with van der Waals surface area (Å²) in [6, 6.07) is 8.26. The fourth-order valence-electron chi connectivity index (χ4n) is 2.38. The topological polar surface area (TPSA) is 52.6 Å². The number of aliphatic hydroxyl groups is 1. The predicted molar refractivity (Wildman–Crippen MR) is 80.7 cm³/mol. The third-order valence-electron chi connectivity index (χ3n) is 3.62. The Morgan fingerprint density at radius 2 is 2.00 bits per heavy atom. The summed E-state index contributed by atoms with van der Waals surface area (Å²) in [7, 11) is 0. The molecule has 2 rings (SSSR count). The Labute approximate surface area is 120 Å². The van der Waals surface area contributed by atoms with Crippen molar-refractivity contribution in [1.82, 2.24) is 5.32 Å². The lowest BCUT2D eigenvalue weighted by molar-refractivity contribution is -0.117. The normalized spacial score (nSPS) is 17.6. The van der Waals surface area contributed by atoms with Gasteiger partial charge in [0.05, 0.1) is 5.60 Å². The van der Waals surface area contributed by atoms with E-state index in [0.29, 0.717) is 13.0 Å². The monoisotopic (exact) mass is 276 g/mol. The lowest BCUT2D eigenvalue weighted by Crippen LogP contribution is -2.36. The van der Waals surface area contributed by atoms with Crippen LogP contribution in [0, 0.1) is 0 Å². The van der Waals surface area contributed by atoms with Crippen LogP contribution in [0.25, 0.3) is 0 Å². The minimum absolute atomic E-state index is 0.171. The molecule has 4 heteroatoms. The molecule has 0 spiro atoms. The number of anilines is 1. The molecular formula is C16H24N2O2. The summed E-state index contributed by atoms with van der Waals surface area (Å²) in [5.41, 5.74) is 1.42. The molecule has 1 unspecified atom stereocenters. The smallest absolute Gasteiger partial charge is 0.227 e. The zero-order chi connectivity index (χ0) is 14.8. The molecule has 2 N–H and O–H groups in total. The molecule has 0 radical (unpaired) electrons. The Bertz CT molecular complexity index is 462. The van der Waals surface area contributed by atoms with Gasteiger partial charge in [-0.05, 0) is 44.9 Å². The van der Waals surface area contributed by atoms with E-state index in [1.54, 1.807) is 13.8 Å². The number of hydrogen-bond acceptors (Lipinski definition) is 3. The summed E-state index contributed by atoms with van der Waals surface area (Å²) in [5.74, 6) is 0.214. The van der Waals surface area contributed by atoms with E-state index in [1.807, 2.05) is 29.2 Å². The van der Waals surface area contributed by atoms with Crippen LogP contribution in [-0.4, -0.2) is 29.7 Å². The molecule has 0 aliphatic carbocycles. The van der Waals surface area contributed by atoms with Gasteiger partial charge in [0.25, 0.3) is 0 Å². The zero-order valence-corrected chi connectivity index (χ0v) is 12.5. The minimum atomic E-state index is -0.712. The van der Waals surface area contributed by atoms with E-state index in [4.69, 9.17) is 0 Å². The lowest BCUT2D eigenvalue weighted by Gasteiger charge is -2.22.